The van der Waals surface area contributed by atoms with Gasteiger partial charge >= 0.3 is 0 Å². The zero-order chi connectivity index (χ0) is 17.2. The van der Waals surface area contributed by atoms with Crippen LogP contribution in [0.25, 0.3) is 5.57 Å². The topological polar surface area (TPSA) is 41.1 Å². The third kappa shape index (κ3) is 2.93. The molecule has 2 N–H and O–H groups in total. The number of halogens is 2. The van der Waals surface area contributed by atoms with Crippen LogP contribution < -0.4 is 10.6 Å². The van der Waals surface area contributed by atoms with Crippen LogP contribution in [0.5, 0.6) is 0 Å². The highest BCUT2D eigenvalue weighted by atomic mass is 35.5. The highest BCUT2D eigenvalue weighted by Gasteiger charge is 2.38. The molecule has 2 aromatic carbocycles. The molecule has 1 aliphatic heterocycles. The second-order valence-corrected chi connectivity index (χ2v) is 5.91. The Labute approximate surface area is 144 Å². The number of dihydropyridines is 1. The molecule has 0 radical (unpaired) electrons. The monoisotopic (exact) mass is 342 g/mol. The third-order valence-corrected chi connectivity index (χ3v) is 4.20. The van der Waals surface area contributed by atoms with Crippen LogP contribution in [-0.2, 0) is 10.5 Å². The molecule has 5 heteroatoms. The Morgan fingerprint density at radius 3 is 2.54 bits per heavy atom. The van der Waals surface area contributed by atoms with Crippen LogP contribution in [0.15, 0.2) is 66.9 Å². The zero-order valence-electron chi connectivity index (χ0n) is 13.0. The first-order chi connectivity index (χ1) is 11.5. The fourth-order valence-electron chi connectivity index (χ4n) is 2.87. The summed E-state index contributed by atoms with van der Waals surface area (Å²) in [5.74, 6) is -0.563. The molecule has 1 amide bonds. The number of nitrogens with one attached hydrogen (secondary N) is 2. The highest BCUT2D eigenvalue weighted by molar-refractivity contribution is 6.32. The van der Waals surface area contributed by atoms with Crippen molar-refractivity contribution < 1.29 is 9.18 Å². The van der Waals surface area contributed by atoms with Crippen molar-refractivity contribution in [3.05, 3.63) is 88.8 Å². The largest absolute Gasteiger partial charge is 0.361 e. The second kappa shape index (κ2) is 6.49. The van der Waals surface area contributed by atoms with Gasteiger partial charge in [0.05, 0.1) is 0 Å². The van der Waals surface area contributed by atoms with Gasteiger partial charge in [0.2, 0.25) is 5.91 Å². The molecule has 0 aliphatic carbocycles. The minimum absolute atomic E-state index is 0.222. The van der Waals surface area contributed by atoms with Crippen molar-refractivity contribution in [2.75, 3.05) is 0 Å². The molecule has 0 spiro atoms. The van der Waals surface area contributed by atoms with Crippen molar-refractivity contribution in [1.29, 1.82) is 0 Å². The standard InChI is InChI=1S/C19H16ClFN2O/c1-13(24)23-19(14-8-10-15(21)11-9-14)17(6-4-12-22-19)16-5-2-3-7-18(16)20/h2-12,22H,1H3,(H,23,24). The fraction of sp³-hybridized carbons (Fsp3) is 0.105. The molecular formula is C19H16ClFN2O. The second-order valence-electron chi connectivity index (χ2n) is 5.50. The number of rotatable bonds is 3. The van der Waals surface area contributed by atoms with Crippen molar-refractivity contribution >= 4 is 23.1 Å². The molecular weight excluding hydrogens is 327 g/mol. The summed E-state index contributed by atoms with van der Waals surface area (Å²) in [6.45, 7) is 1.44. The summed E-state index contributed by atoms with van der Waals surface area (Å²) >= 11 is 6.37. The van der Waals surface area contributed by atoms with Crippen molar-refractivity contribution in [2.45, 2.75) is 12.6 Å². The first kappa shape index (κ1) is 16.3. The molecule has 1 aliphatic rings. The van der Waals surface area contributed by atoms with E-state index in [1.807, 2.05) is 30.4 Å². The first-order valence-corrected chi connectivity index (χ1v) is 7.85. The van der Waals surface area contributed by atoms with Crippen LogP contribution in [0.2, 0.25) is 5.02 Å². The Kier molecular flexibility index (Phi) is 4.40. The zero-order valence-corrected chi connectivity index (χ0v) is 13.8. The van der Waals surface area contributed by atoms with E-state index in [4.69, 9.17) is 11.6 Å². The smallest absolute Gasteiger partial charge is 0.219 e. The van der Waals surface area contributed by atoms with Crippen molar-refractivity contribution in [3.63, 3.8) is 0 Å². The summed E-state index contributed by atoms with van der Waals surface area (Å²) in [6, 6.07) is 13.4. The van der Waals surface area contributed by atoms with Crippen molar-refractivity contribution in [1.82, 2.24) is 10.6 Å². The van der Waals surface area contributed by atoms with Gasteiger partial charge in [-0.2, -0.15) is 0 Å². The van der Waals surface area contributed by atoms with Crippen LogP contribution in [0.3, 0.4) is 0 Å². The maximum atomic E-state index is 13.4. The van der Waals surface area contributed by atoms with Crippen molar-refractivity contribution in [2.24, 2.45) is 0 Å². The Balaban J connectivity index is 2.21. The lowest BCUT2D eigenvalue weighted by atomic mass is 9.84. The summed E-state index contributed by atoms with van der Waals surface area (Å²) in [5, 5.41) is 6.74. The predicted molar refractivity (Wildman–Crippen MR) is 93.6 cm³/mol. The van der Waals surface area contributed by atoms with E-state index in [0.717, 1.165) is 11.1 Å². The van der Waals surface area contributed by atoms with Gasteiger partial charge in [0, 0.05) is 28.6 Å². The molecule has 122 valence electrons. The van der Waals surface area contributed by atoms with Crippen LogP contribution >= 0.6 is 11.6 Å². The van der Waals surface area contributed by atoms with Gasteiger partial charge in [-0.3, -0.25) is 4.79 Å². The van der Waals surface area contributed by atoms with Gasteiger partial charge in [-0.25, -0.2) is 4.39 Å². The summed E-state index contributed by atoms with van der Waals surface area (Å²) in [5.41, 5.74) is 1.24. The first-order valence-electron chi connectivity index (χ1n) is 7.47. The highest BCUT2D eigenvalue weighted by Crippen LogP contribution is 2.39. The van der Waals surface area contributed by atoms with Crippen LogP contribution in [0, 0.1) is 5.82 Å². The van der Waals surface area contributed by atoms with E-state index in [-0.39, 0.29) is 11.7 Å². The average Bonchev–Trinajstić information content (AvgIpc) is 2.56. The normalized spacial score (nSPS) is 19.4. The average molecular weight is 343 g/mol. The summed E-state index contributed by atoms with van der Waals surface area (Å²) < 4.78 is 13.4. The Bertz CT molecular complexity index is 830. The molecule has 0 saturated heterocycles. The number of benzene rings is 2. The molecule has 3 nitrogen and oxygen atoms in total. The summed E-state index contributed by atoms with van der Waals surface area (Å²) in [4.78, 5) is 11.9. The van der Waals surface area contributed by atoms with Gasteiger partial charge in [0.1, 0.15) is 5.82 Å². The van der Waals surface area contributed by atoms with E-state index in [1.165, 1.54) is 19.1 Å². The maximum Gasteiger partial charge on any atom is 0.219 e. The Morgan fingerprint density at radius 1 is 1.17 bits per heavy atom. The van der Waals surface area contributed by atoms with E-state index in [9.17, 15) is 9.18 Å². The molecule has 2 aromatic rings. The molecule has 0 aromatic heterocycles. The van der Waals surface area contributed by atoms with E-state index < -0.39 is 5.66 Å². The lowest BCUT2D eigenvalue weighted by Crippen LogP contribution is -2.55. The van der Waals surface area contributed by atoms with E-state index in [2.05, 4.69) is 10.6 Å². The third-order valence-electron chi connectivity index (χ3n) is 3.87. The number of carbonyl (C=O) groups excluding carboxylic acids is 1. The molecule has 3 rings (SSSR count). The van der Waals surface area contributed by atoms with E-state index in [0.29, 0.717) is 10.6 Å². The lowest BCUT2D eigenvalue weighted by molar-refractivity contribution is -0.120. The number of allylic oxidation sites excluding steroid dienone is 2. The molecule has 1 atom stereocenters. The predicted octanol–water partition coefficient (Wildman–Crippen LogP) is 3.97. The van der Waals surface area contributed by atoms with Gasteiger partial charge in [-0.15, -0.1) is 0 Å². The summed E-state index contributed by atoms with van der Waals surface area (Å²) in [6.07, 6.45) is 5.46. The molecule has 0 saturated carbocycles. The minimum atomic E-state index is -1.03. The molecule has 1 heterocycles. The lowest BCUT2D eigenvalue weighted by Gasteiger charge is -2.39. The number of carbonyl (C=O) groups is 1. The van der Waals surface area contributed by atoms with Crippen LogP contribution in [-0.4, -0.2) is 5.91 Å². The molecule has 0 fully saturated rings. The fourth-order valence-corrected chi connectivity index (χ4v) is 3.11. The van der Waals surface area contributed by atoms with E-state index in [1.54, 1.807) is 24.4 Å². The number of hydrogen-bond donors (Lipinski definition) is 2. The molecule has 0 bridgehead atoms. The Hall–Kier alpha value is -2.59. The molecule has 24 heavy (non-hydrogen) atoms. The van der Waals surface area contributed by atoms with Crippen LogP contribution in [0.1, 0.15) is 18.1 Å². The van der Waals surface area contributed by atoms with Crippen molar-refractivity contribution in [3.8, 4) is 0 Å². The van der Waals surface area contributed by atoms with Gasteiger partial charge in [-0.05, 0) is 30.5 Å². The van der Waals surface area contributed by atoms with E-state index >= 15 is 0 Å². The summed E-state index contributed by atoms with van der Waals surface area (Å²) in [7, 11) is 0. The Morgan fingerprint density at radius 2 is 1.88 bits per heavy atom. The number of amides is 1. The van der Waals surface area contributed by atoms with Gasteiger partial charge in [0.25, 0.3) is 0 Å². The minimum Gasteiger partial charge on any atom is -0.361 e. The van der Waals surface area contributed by atoms with Crippen LogP contribution in [0.4, 0.5) is 4.39 Å². The van der Waals surface area contributed by atoms with Gasteiger partial charge in [0.15, 0.2) is 5.66 Å². The molecule has 1 unspecified atom stereocenters. The maximum absolute atomic E-state index is 13.4. The van der Waals surface area contributed by atoms with Gasteiger partial charge in [-0.1, -0.05) is 48.0 Å². The van der Waals surface area contributed by atoms with Gasteiger partial charge < -0.3 is 10.6 Å². The quantitative estimate of drug-likeness (QED) is 0.886. The number of hydrogen-bond acceptors (Lipinski definition) is 2. The SMILES string of the molecule is CC(=O)NC1(c2ccc(F)cc2)NC=CC=C1c1ccccc1Cl.